The minimum Gasteiger partial charge on any atom is -0.497 e. The predicted molar refractivity (Wildman–Crippen MR) is 112 cm³/mol. The van der Waals surface area contributed by atoms with Crippen LogP contribution < -0.4 is 9.47 Å². The van der Waals surface area contributed by atoms with Gasteiger partial charge in [0.1, 0.15) is 11.5 Å². The summed E-state index contributed by atoms with van der Waals surface area (Å²) in [6.45, 7) is 0.426. The van der Waals surface area contributed by atoms with Crippen LogP contribution in [0.5, 0.6) is 11.5 Å². The number of carbonyl (C=O) groups is 2. The molecule has 0 amide bonds. The largest absolute Gasteiger partial charge is 0.497 e. The molecule has 0 unspecified atom stereocenters. The summed E-state index contributed by atoms with van der Waals surface area (Å²) in [6, 6.07) is 13.8. The smallest absolute Gasteiger partial charge is 0.309 e. The Labute approximate surface area is 177 Å². The van der Waals surface area contributed by atoms with Gasteiger partial charge in [-0.3, -0.25) is 9.59 Å². The molecular formula is C24H28O6. The van der Waals surface area contributed by atoms with Gasteiger partial charge in [-0.05, 0) is 54.2 Å². The van der Waals surface area contributed by atoms with E-state index in [0.717, 1.165) is 28.9 Å². The predicted octanol–water partition coefficient (Wildman–Crippen LogP) is 3.38. The molecule has 0 spiro atoms. The molecule has 0 N–H and O–H groups in total. The van der Waals surface area contributed by atoms with E-state index in [4.69, 9.17) is 18.9 Å². The second-order valence-corrected chi connectivity index (χ2v) is 7.48. The van der Waals surface area contributed by atoms with Gasteiger partial charge in [-0.2, -0.15) is 0 Å². The molecular weight excluding hydrogens is 384 g/mol. The number of carbonyl (C=O) groups excluding carboxylic acids is 2. The molecule has 0 aliphatic carbocycles. The first-order valence-corrected chi connectivity index (χ1v) is 10.1. The van der Waals surface area contributed by atoms with E-state index in [2.05, 4.69) is 0 Å². The van der Waals surface area contributed by atoms with Crippen molar-refractivity contribution in [2.45, 2.75) is 25.7 Å². The number of esters is 2. The first-order valence-electron chi connectivity index (χ1n) is 10.1. The van der Waals surface area contributed by atoms with E-state index in [1.165, 1.54) is 7.11 Å². The molecule has 1 heterocycles. The zero-order valence-corrected chi connectivity index (χ0v) is 17.7. The van der Waals surface area contributed by atoms with Crippen molar-refractivity contribution in [2.75, 3.05) is 27.9 Å². The lowest BCUT2D eigenvalue weighted by Crippen LogP contribution is -2.20. The van der Waals surface area contributed by atoms with E-state index in [1.54, 1.807) is 14.2 Å². The lowest BCUT2D eigenvalue weighted by Gasteiger charge is -2.17. The first-order chi connectivity index (χ1) is 14.5. The van der Waals surface area contributed by atoms with Gasteiger partial charge in [-0.25, -0.2) is 0 Å². The summed E-state index contributed by atoms with van der Waals surface area (Å²) in [5.41, 5.74) is 3.07. The second kappa shape index (κ2) is 10.1. The molecule has 1 saturated heterocycles. The lowest BCUT2D eigenvalue weighted by atomic mass is 9.84. The quantitative estimate of drug-likeness (QED) is 0.588. The maximum Gasteiger partial charge on any atom is 0.309 e. The molecule has 2 atom stereocenters. The lowest BCUT2D eigenvalue weighted by molar-refractivity contribution is -0.141. The second-order valence-electron chi connectivity index (χ2n) is 7.48. The summed E-state index contributed by atoms with van der Waals surface area (Å²) in [6.07, 6.45) is 2.17. The number of hydrogen-bond donors (Lipinski definition) is 0. The highest BCUT2D eigenvalue weighted by molar-refractivity contribution is 5.75. The van der Waals surface area contributed by atoms with Crippen molar-refractivity contribution in [3.8, 4) is 11.5 Å². The number of rotatable bonds is 9. The highest BCUT2D eigenvalue weighted by Crippen LogP contribution is 2.31. The maximum atomic E-state index is 12.4. The van der Waals surface area contributed by atoms with Gasteiger partial charge in [0.25, 0.3) is 0 Å². The Morgan fingerprint density at radius 3 is 2.57 bits per heavy atom. The molecule has 0 aromatic heterocycles. The van der Waals surface area contributed by atoms with Gasteiger partial charge in [0, 0.05) is 12.3 Å². The molecule has 1 fully saturated rings. The molecule has 0 radical (unpaired) electrons. The molecule has 6 heteroatoms. The van der Waals surface area contributed by atoms with Crippen molar-refractivity contribution in [1.82, 2.24) is 0 Å². The van der Waals surface area contributed by atoms with Crippen LogP contribution in [0.2, 0.25) is 0 Å². The van der Waals surface area contributed by atoms with Crippen LogP contribution in [-0.4, -0.2) is 39.9 Å². The Morgan fingerprint density at radius 1 is 1.03 bits per heavy atom. The van der Waals surface area contributed by atoms with Gasteiger partial charge in [0.2, 0.25) is 0 Å². The van der Waals surface area contributed by atoms with Gasteiger partial charge in [-0.15, -0.1) is 0 Å². The Hall–Kier alpha value is -3.02. The number of aryl methyl sites for hydroxylation is 1. The van der Waals surface area contributed by atoms with Crippen molar-refractivity contribution in [1.29, 1.82) is 0 Å². The minimum absolute atomic E-state index is 0.106. The maximum absolute atomic E-state index is 12.4. The number of methoxy groups -OCH3 is 3. The van der Waals surface area contributed by atoms with Gasteiger partial charge >= 0.3 is 11.9 Å². The number of cyclic esters (lactones) is 1. The Kier molecular flexibility index (Phi) is 7.33. The summed E-state index contributed by atoms with van der Waals surface area (Å²) in [5.74, 6) is 1.01. The molecule has 0 saturated carbocycles. The van der Waals surface area contributed by atoms with Crippen molar-refractivity contribution in [3.05, 3.63) is 59.2 Å². The van der Waals surface area contributed by atoms with Gasteiger partial charge in [0.05, 0.1) is 33.9 Å². The molecule has 3 rings (SSSR count). The van der Waals surface area contributed by atoms with Crippen LogP contribution in [-0.2, 0) is 38.3 Å². The average Bonchev–Trinajstić information content (AvgIpc) is 3.11. The van der Waals surface area contributed by atoms with Gasteiger partial charge < -0.3 is 18.9 Å². The number of benzene rings is 2. The molecule has 2 aromatic carbocycles. The van der Waals surface area contributed by atoms with Crippen LogP contribution in [0.25, 0.3) is 0 Å². The Morgan fingerprint density at radius 2 is 1.83 bits per heavy atom. The third-order valence-corrected chi connectivity index (χ3v) is 5.58. The fraction of sp³-hybridized carbons (Fsp3) is 0.417. The van der Waals surface area contributed by atoms with Crippen LogP contribution in [0.1, 0.15) is 23.1 Å². The van der Waals surface area contributed by atoms with E-state index in [0.29, 0.717) is 31.6 Å². The van der Waals surface area contributed by atoms with E-state index in [1.807, 2.05) is 42.5 Å². The summed E-state index contributed by atoms with van der Waals surface area (Å²) in [4.78, 5) is 23.8. The first kappa shape index (κ1) is 21.7. The van der Waals surface area contributed by atoms with Crippen molar-refractivity contribution >= 4 is 11.9 Å². The fourth-order valence-electron chi connectivity index (χ4n) is 3.87. The monoisotopic (exact) mass is 412 g/mol. The van der Waals surface area contributed by atoms with Crippen molar-refractivity contribution < 1.29 is 28.5 Å². The Bertz CT molecular complexity index is 891. The molecule has 2 aromatic rings. The standard InChI is InChI=1S/C24H28O6/c1-27-20-6-4-5-16(12-20)11-19-15-30-24(26)21(19)13-17-7-8-18(22(14-17)28-2)9-10-23(25)29-3/h4-8,12,14,19,21H,9-11,13,15H2,1-3H3/t19-,21+/m0/s1. The van der Waals surface area contributed by atoms with Crippen molar-refractivity contribution in [3.63, 3.8) is 0 Å². The van der Waals surface area contributed by atoms with Gasteiger partial charge in [-0.1, -0.05) is 24.3 Å². The third kappa shape index (κ3) is 5.32. The van der Waals surface area contributed by atoms with Crippen LogP contribution in [0.3, 0.4) is 0 Å². The summed E-state index contributed by atoms with van der Waals surface area (Å²) in [5, 5.41) is 0. The van der Waals surface area contributed by atoms with Crippen LogP contribution in [0.15, 0.2) is 42.5 Å². The van der Waals surface area contributed by atoms with Crippen molar-refractivity contribution in [2.24, 2.45) is 11.8 Å². The number of ether oxygens (including phenoxy) is 4. The van der Waals surface area contributed by atoms with Crippen LogP contribution in [0, 0.1) is 11.8 Å². The van der Waals surface area contributed by atoms with Crippen LogP contribution in [0.4, 0.5) is 0 Å². The topological polar surface area (TPSA) is 71.1 Å². The highest BCUT2D eigenvalue weighted by Gasteiger charge is 2.37. The van der Waals surface area contributed by atoms with Crippen LogP contribution >= 0.6 is 0 Å². The Balaban J connectivity index is 1.71. The SMILES string of the molecule is COC(=O)CCc1ccc(C[C@H]2C(=O)OC[C@@H]2Cc2cccc(OC)c2)cc1OC. The zero-order valence-electron chi connectivity index (χ0n) is 17.7. The molecule has 6 nitrogen and oxygen atoms in total. The summed E-state index contributed by atoms with van der Waals surface area (Å²) < 4.78 is 20.9. The fourth-order valence-corrected chi connectivity index (χ4v) is 3.87. The van der Waals surface area contributed by atoms with Gasteiger partial charge in [0.15, 0.2) is 0 Å². The molecule has 0 bridgehead atoms. The molecule has 30 heavy (non-hydrogen) atoms. The highest BCUT2D eigenvalue weighted by atomic mass is 16.5. The van der Waals surface area contributed by atoms with E-state index < -0.39 is 0 Å². The van der Waals surface area contributed by atoms with E-state index >= 15 is 0 Å². The number of hydrogen-bond acceptors (Lipinski definition) is 6. The normalized spacial score (nSPS) is 18.0. The summed E-state index contributed by atoms with van der Waals surface area (Å²) in [7, 11) is 4.63. The van der Waals surface area contributed by atoms with E-state index in [9.17, 15) is 9.59 Å². The zero-order chi connectivity index (χ0) is 21.5. The summed E-state index contributed by atoms with van der Waals surface area (Å²) >= 11 is 0. The minimum atomic E-state index is -0.254. The molecule has 1 aliphatic heterocycles. The average molecular weight is 412 g/mol. The third-order valence-electron chi connectivity index (χ3n) is 5.58. The molecule has 160 valence electrons. The molecule has 1 aliphatic rings. The van der Waals surface area contributed by atoms with E-state index in [-0.39, 0.29) is 23.8 Å².